The second-order valence-corrected chi connectivity index (χ2v) is 8.27. The molecule has 2 rings (SSSR count). The number of aliphatic carboxylic acids is 1. The van der Waals surface area contributed by atoms with Crippen LogP contribution in [0.1, 0.15) is 23.2 Å². The average Bonchev–Trinajstić information content (AvgIpc) is 2.67. The van der Waals surface area contributed by atoms with E-state index in [1.54, 1.807) is 6.07 Å². The SMILES string of the molecule is COc1cc(OC)cc(C(=O)NCCS(=O)(=O)N2CCC(C(=O)O)CC2)c1. The summed E-state index contributed by atoms with van der Waals surface area (Å²) in [5.41, 5.74) is 0.297. The van der Waals surface area contributed by atoms with Crippen molar-refractivity contribution in [2.24, 2.45) is 5.92 Å². The van der Waals surface area contributed by atoms with E-state index in [9.17, 15) is 18.0 Å². The molecular formula is C17H24N2O7S. The van der Waals surface area contributed by atoms with Gasteiger partial charge in [0.15, 0.2) is 0 Å². The fraction of sp³-hybridized carbons (Fsp3) is 0.529. The maximum absolute atomic E-state index is 12.4. The molecule has 1 aliphatic rings. The van der Waals surface area contributed by atoms with Crippen LogP contribution in [0.3, 0.4) is 0 Å². The van der Waals surface area contributed by atoms with Crippen LogP contribution in [0.4, 0.5) is 0 Å². The van der Waals surface area contributed by atoms with Crippen LogP contribution in [-0.4, -0.2) is 69.3 Å². The Hall–Kier alpha value is -2.33. The first-order chi connectivity index (χ1) is 12.8. The molecule has 9 nitrogen and oxygen atoms in total. The van der Waals surface area contributed by atoms with Gasteiger partial charge in [-0.3, -0.25) is 9.59 Å². The van der Waals surface area contributed by atoms with Crippen LogP contribution >= 0.6 is 0 Å². The van der Waals surface area contributed by atoms with E-state index in [1.165, 1.54) is 30.7 Å². The molecule has 1 aromatic rings. The molecule has 0 unspecified atom stereocenters. The number of benzene rings is 1. The topological polar surface area (TPSA) is 122 Å². The van der Waals surface area contributed by atoms with E-state index in [4.69, 9.17) is 14.6 Å². The first kappa shape index (κ1) is 21.0. The van der Waals surface area contributed by atoms with E-state index in [2.05, 4.69) is 5.32 Å². The van der Waals surface area contributed by atoms with Crippen molar-refractivity contribution in [3.05, 3.63) is 23.8 Å². The number of rotatable bonds is 8. The summed E-state index contributed by atoms with van der Waals surface area (Å²) >= 11 is 0. The van der Waals surface area contributed by atoms with Crippen LogP contribution in [0.2, 0.25) is 0 Å². The van der Waals surface area contributed by atoms with Gasteiger partial charge in [-0.2, -0.15) is 0 Å². The number of carbonyl (C=O) groups excluding carboxylic acids is 1. The lowest BCUT2D eigenvalue weighted by Crippen LogP contribution is -2.43. The molecule has 0 atom stereocenters. The Morgan fingerprint density at radius 3 is 2.19 bits per heavy atom. The van der Waals surface area contributed by atoms with E-state index in [0.717, 1.165) is 0 Å². The largest absolute Gasteiger partial charge is 0.497 e. The molecule has 1 heterocycles. The molecular weight excluding hydrogens is 376 g/mol. The summed E-state index contributed by atoms with van der Waals surface area (Å²) in [5, 5.41) is 11.6. The van der Waals surface area contributed by atoms with Crippen LogP contribution in [0, 0.1) is 5.92 Å². The summed E-state index contributed by atoms with van der Waals surface area (Å²) in [6, 6.07) is 4.69. The summed E-state index contributed by atoms with van der Waals surface area (Å²) in [7, 11) is -0.622. The van der Waals surface area contributed by atoms with Gasteiger partial charge >= 0.3 is 5.97 Å². The van der Waals surface area contributed by atoms with Crippen molar-refractivity contribution in [2.75, 3.05) is 39.6 Å². The van der Waals surface area contributed by atoms with Gasteiger partial charge in [0, 0.05) is 31.3 Å². The fourth-order valence-corrected chi connectivity index (χ4v) is 4.23. The molecule has 0 spiro atoms. The normalized spacial score (nSPS) is 15.9. The van der Waals surface area contributed by atoms with Crippen molar-refractivity contribution < 1.29 is 32.6 Å². The molecule has 2 N–H and O–H groups in total. The Balaban J connectivity index is 1.90. The Bertz CT molecular complexity index is 764. The molecule has 10 heteroatoms. The number of sulfonamides is 1. The molecule has 0 aromatic heterocycles. The number of amides is 1. The molecule has 150 valence electrons. The van der Waals surface area contributed by atoms with Gasteiger partial charge in [0.25, 0.3) is 5.91 Å². The highest BCUT2D eigenvalue weighted by Crippen LogP contribution is 2.22. The van der Waals surface area contributed by atoms with Crippen molar-refractivity contribution >= 4 is 21.9 Å². The standard InChI is InChI=1S/C17H24N2O7S/c1-25-14-9-13(10-15(11-14)26-2)16(20)18-5-8-27(23,24)19-6-3-12(4-7-19)17(21)22/h9-12H,3-8H2,1-2H3,(H,18,20)(H,21,22). The molecule has 1 aliphatic heterocycles. The predicted octanol–water partition coefficient (Wildman–Crippen LogP) is 0.560. The Morgan fingerprint density at radius 2 is 1.70 bits per heavy atom. The summed E-state index contributed by atoms with van der Waals surface area (Å²) < 4.78 is 36.2. The zero-order chi connectivity index (χ0) is 20.0. The van der Waals surface area contributed by atoms with Gasteiger partial charge in [-0.05, 0) is 25.0 Å². The van der Waals surface area contributed by atoms with Gasteiger partial charge in [-0.25, -0.2) is 12.7 Å². The highest BCUT2D eigenvalue weighted by atomic mass is 32.2. The number of nitrogens with zero attached hydrogens (tertiary/aromatic N) is 1. The molecule has 0 bridgehead atoms. The molecule has 0 aliphatic carbocycles. The van der Waals surface area contributed by atoms with Crippen LogP contribution in [0.5, 0.6) is 11.5 Å². The van der Waals surface area contributed by atoms with Gasteiger partial charge in [0.2, 0.25) is 10.0 Å². The zero-order valence-corrected chi connectivity index (χ0v) is 16.1. The highest BCUT2D eigenvalue weighted by molar-refractivity contribution is 7.89. The number of methoxy groups -OCH3 is 2. The van der Waals surface area contributed by atoms with Crippen molar-refractivity contribution in [1.82, 2.24) is 9.62 Å². The Morgan fingerprint density at radius 1 is 1.15 bits per heavy atom. The first-order valence-corrected chi connectivity index (χ1v) is 10.1. The monoisotopic (exact) mass is 400 g/mol. The lowest BCUT2D eigenvalue weighted by atomic mass is 9.99. The Labute approximate surface area is 158 Å². The van der Waals surface area contributed by atoms with Gasteiger partial charge in [-0.1, -0.05) is 0 Å². The lowest BCUT2D eigenvalue weighted by Gasteiger charge is -2.29. The second kappa shape index (κ2) is 9.05. The summed E-state index contributed by atoms with van der Waals surface area (Å²) in [5.74, 6) is -1.18. The quantitative estimate of drug-likeness (QED) is 0.654. The summed E-state index contributed by atoms with van der Waals surface area (Å²) in [6.07, 6.45) is 0.592. The van der Waals surface area contributed by atoms with Crippen LogP contribution in [-0.2, 0) is 14.8 Å². The van der Waals surface area contributed by atoms with Crippen LogP contribution in [0.25, 0.3) is 0 Å². The third-order valence-electron chi connectivity index (χ3n) is 4.46. The third kappa shape index (κ3) is 5.57. The van der Waals surface area contributed by atoms with Crippen LogP contribution < -0.4 is 14.8 Å². The number of carbonyl (C=O) groups is 2. The molecule has 1 amide bonds. The van der Waals surface area contributed by atoms with E-state index >= 15 is 0 Å². The maximum Gasteiger partial charge on any atom is 0.306 e. The first-order valence-electron chi connectivity index (χ1n) is 8.48. The minimum Gasteiger partial charge on any atom is -0.497 e. The van der Waals surface area contributed by atoms with Crippen molar-refractivity contribution in [3.8, 4) is 11.5 Å². The third-order valence-corrected chi connectivity index (χ3v) is 6.33. The minimum atomic E-state index is -3.56. The Kier molecular flexibility index (Phi) is 7.03. The number of hydrogen-bond acceptors (Lipinski definition) is 6. The number of piperidine rings is 1. The lowest BCUT2D eigenvalue weighted by molar-refractivity contribution is -0.142. The number of nitrogens with one attached hydrogen (secondary N) is 1. The maximum atomic E-state index is 12.4. The predicted molar refractivity (Wildman–Crippen MR) is 97.6 cm³/mol. The summed E-state index contributed by atoms with van der Waals surface area (Å²) in [4.78, 5) is 23.2. The molecule has 1 aromatic carbocycles. The molecule has 27 heavy (non-hydrogen) atoms. The number of carboxylic acid groups (broad SMARTS) is 1. The van der Waals surface area contributed by atoms with Gasteiger partial charge in [0.05, 0.1) is 25.9 Å². The van der Waals surface area contributed by atoms with E-state index in [1.807, 2.05) is 0 Å². The zero-order valence-electron chi connectivity index (χ0n) is 15.3. The molecule has 1 fully saturated rings. The second-order valence-electron chi connectivity index (χ2n) is 6.18. The van der Waals surface area contributed by atoms with Crippen molar-refractivity contribution in [2.45, 2.75) is 12.8 Å². The van der Waals surface area contributed by atoms with Crippen molar-refractivity contribution in [3.63, 3.8) is 0 Å². The van der Waals surface area contributed by atoms with Gasteiger partial charge in [-0.15, -0.1) is 0 Å². The minimum absolute atomic E-state index is 0.0560. The van der Waals surface area contributed by atoms with Gasteiger partial charge in [0.1, 0.15) is 11.5 Å². The van der Waals surface area contributed by atoms with E-state index < -0.39 is 27.8 Å². The number of hydrogen-bond donors (Lipinski definition) is 2. The number of ether oxygens (including phenoxy) is 2. The van der Waals surface area contributed by atoms with Crippen molar-refractivity contribution in [1.29, 1.82) is 0 Å². The van der Waals surface area contributed by atoms with Gasteiger partial charge < -0.3 is 19.9 Å². The number of carboxylic acids is 1. The van der Waals surface area contributed by atoms with Crippen LogP contribution in [0.15, 0.2) is 18.2 Å². The fourth-order valence-electron chi connectivity index (χ4n) is 2.84. The average molecular weight is 400 g/mol. The smallest absolute Gasteiger partial charge is 0.306 e. The molecule has 1 saturated heterocycles. The van der Waals surface area contributed by atoms with E-state index in [-0.39, 0.29) is 25.4 Å². The molecule has 0 radical (unpaired) electrons. The molecule has 0 saturated carbocycles. The highest BCUT2D eigenvalue weighted by Gasteiger charge is 2.30. The van der Waals surface area contributed by atoms with E-state index in [0.29, 0.717) is 29.9 Å². The summed E-state index contributed by atoms with van der Waals surface area (Å²) in [6.45, 7) is 0.306.